The third-order valence-corrected chi connectivity index (χ3v) is 4.29. The van der Waals surface area contributed by atoms with Crippen LogP contribution >= 0.6 is 0 Å². The number of carbonyl (C=O) groups is 1. The second-order valence-corrected chi connectivity index (χ2v) is 6.98. The highest BCUT2D eigenvalue weighted by atomic mass is 19.4. The number of ketones is 1. The Labute approximate surface area is 157 Å². The first-order valence-corrected chi connectivity index (χ1v) is 8.76. The normalized spacial score (nSPS) is 13.9. The Morgan fingerprint density at radius 2 is 1.63 bits per heavy atom. The summed E-state index contributed by atoms with van der Waals surface area (Å²) in [6.45, 7) is 3.72. The van der Waals surface area contributed by atoms with Gasteiger partial charge in [0.1, 0.15) is 5.75 Å². The number of benzene rings is 2. The minimum absolute atomic E-state index is 0.00927. The lowest BCUT2D eigenvalue weighted by Crippen LogP contribution is -2.35. The van der Waals surface area contributed by atoms with E-state index in [2.05, 4.69) is 0 Å². The molecule has 0 aromatic heterocycles. The van der Waals surface area contributed by atoms with Crippen LogP contribution in [-0.2, 0) is 5.54 Å². The fraction of sp³-hybridized carbons (Fsp3) is 0.381. The average molecular weight is 379 g/mol. The molecule has 2 aromatic rings. The number of carbonyl (C=O) groups excluding carboxylic acids is 1. The number of halogens is 3. The highest BCUT2D eigenvalue weighted by molar-refractivity contribution is 5.96. The van der Waals surface area contributed by atoms with Crippen molar-refractivity contribution in [1.29, 1.82) is 0 Å². The topological polar surface area (TPSA) is 52.3 Å². The zero-order valence-electron chi connectivity index (χ0n) is 15.5. The van der Waals surface area contributed by atoms with Crippen molar-refractivity contribution in [3.63, 3.8) is 0 Å². The number of nitrogens with two attached hydrogens (primary N) is 1. The first kappa shape index (κ1) is 21.0. The molecule has 0 spiro atoms. The first-order valence-electron chi connectivity index (χ1n) is 8.76. The maximum Gasteiger partial charge on any atom is 0.389 e. The maximum absolute atomic E-state index is 12.5. The van der Waals surface area contributed by atoms with E-state index in [4.69, 9.17) is 10.5 Å². The minimum atomic E-state index is -4.17. The Hall–Kier alpha value is -2.34. The van der Waals surface area contributed by atoms with Crippen molar-refractivity contribution in [2.24, 2.45) is 5.73 Å². The molecule has 0 heterocycles. The Bertz CT molecular complexity index is 750. The van der Waals surface area contributed by atoms with Crippen LogP contribution in [0.3, 0.4) is 0 Å². The van der Waals surface area contributed by atoms with Crippen LogP contribution in [-0.4, -0.2) is 18.6 Å². The van der Waals surface area contributed by atoms with Crippen LogP contribution in [0.2, 0.25) is 0 Å². The van der Waals surface area contributed by atoms with E-state index in [1.54, 1.807) is 43.3 Å². The fourth-order valence-corrected chi connectivity index (χ4v) is 2.67. The molecule has 0 bridgehead atoms. The zero-order chi connectivity index (χ0) is 20.1. The molecule has 27 heavy (non-hydrogen) atoms. The molecule has 0 aliphatic rings. The zero-order valence-corrected chi connectivity index (χ0v) is 15.5. The first-order chi connectivity index (χ1) is 12.6. The van der Waals surface area contributed by atoms with E-state index >= 15 is 0 Å². The van der Waals surface area contributed by atoms with E-state index < -0.39 is 18.1 Å². The Kier molecular flexibility index (Phi) is 6.65. The van der Waals surface area contributed by atoms with Crippen LogP contribution in [0, 0.1) is 6.92 Å². The molecule has 3 nitrogen and oxygen atoms in total. The van der Waals surface area contributed by atoms with Crippen LogP contribution in [0.4, 0.5) is 13.2 Å². The molecule has 1 atom stereocenters. The van der Waals surface area contributed by atoms with Crippen LogP contribution < -0.4 is 10.5 Å². The van der Waals surface area contributed by atoms with E-state index in [0.717, 1.165) is 11.1 Å². The molecule has 0 fully saturated rings. The molecule has 0 radical (unpaired) electrons. The second kappa shape index (κ2) is 8.57. The largest absolute Gasteiger partial charge is 0.494 e. The maximum atomic E-state index is 12.5. The summed E-state index contributed by atoms with van der Waals surface area (Å²) in [5.41, 5.74) is 7.92. The minimum Gasteiger partial charge on any atom is -0.494 e. The van der Waals surface area contributed by atoms with Gasteiger partial charge in [0.25, 0.3) is 0 Å². The SMILES string of the molecule is Cc1ccc(C(=O)C[C@](C)(N)c2ccc(OCCCC(F)(F)F)cc2)cc1. The highest BCUT2D eigenvalue weighted by Crippen LogP contribution is 2.26. The van der Waals surface area contributed by atoms with Gasteiger partial charge in [0.15, 0.2) is 5.78 Å². The number of hydrogen-bond donors (Lipinski definition) is 1. The van der Waals surface area contributed by atoms with Crippen molar-refractivity contribution in [2.45, 2.75) is 44.8 Å². The quantitative estimate of drug-likeness (QED) is 0.509. The van der Waals surface area contributed by atoms with Gasteiger partial charge in [-0.3, -0.25) is 4.79 Å². The van der Waals surface area contributed by atoms with Gasteiger partial charge in [0.05, 0.1) is 6.61 Å². The summed E-state index contributed by atoms with van der Waals surface area (Å²) >= 11 is 0. The lowest BCUT2D eigenvalue weighted by Gasteiger charge is -2.25. The third-order valence-electron chi connectivity index (χ3n) is 4.29. The van der Waals surface area contributed by atoms with Crippen LogP contribution in [0.5, 0.6) is 5.75 Å². The number of Topliss-reactive ketones (excluding diaryl/α,β-unsaturated/α-hetero) is 1. The predicted octanol–water partition coefficient (Wildman–Crippen LogP) is 5.16. The predicted molar refractivity (Wildman–Crippen MR) is 98.9 cm³/mol. The summed E-state index contributed by atoms with van der Waals surface area (Å²) in [7, 11) is 0. The molecule has 0 saturated heterocycles. The molecule has 2 N–H and O–H groups in total. The summed E-state index contributed by atoms with van der Waals surface area (Å²) in [6.07, 6.45) is -4.99. The van der Waals surface area contributed by atoms with Gasteiger partial charge in [-0.05, 0) is 38.0 Å². The lowest BCUT2D eigenvalue weighted by molar-refractivity contribution is -0.136. The van der Waals surface area contributed by atoms with Gasteiger partial charge in [0, 0.05) is 23.9 Å². The highest BCUT2D eigenvalue weighted by Gasteiger charge is 2.27. The average Bonchev–Trinajstić information content (AvgIpc) is 2.58. The molecule has 146 valence electrons. The van der Waals surface area contributed by atoms with Gasteiger partial charge in [-0.15, -0.1) is 0 Å². The van der Waals surface area contributed by atoms with Crippen LogP contribution in [0.1, 0.15) is 47.7 Å². The van der Waals surface area contributed by atoms with E-state index in [0.29, 0.717) is 11.3 Å². The van der Waals surface area contributed by atoms with Gasteiger partial charge in [-0.25, -0.2) is 0 Å². The molecule has 6 heteroatoms. The number of hydrogen-bond acceptors (Lipinski definition) is 3. The molecule has 0 aliphatic carbocycles. The number of aryl methyl sites for hydroxylation is 1. The van der Waals surface area contributed by atoms with E-state index in [1.165, 1.54) is 0 Å². The van der Waals surface area contributed by atoms with Crippen LogP contribution in [0.15, 0.2) is 48.5 Å². The molecule has 0 unspecified atom stereocenters. The van der Waals surface area contributed by atoms with Crippen molar-refractivity contribution < 1.29 is 22.7 Å². The second-order valence-electron chi connectivity index (χ2n) is 6.98. The summed E-state index contributed by atoms with van der Waals surface area (Å²) < 4.78 is 41.7. The monoisotopic (exact) mass is 379 g/mol. The number of alkyl halides is 3. The van der Waals surface area contributed by atoms with Crippen molar-refractivity contribution in [3.8, 4) is 5.75 Å². The third kappa shape index (κ3) is 6.71. The molecular weight excluding hydrogens is 355 g/mol. The van der Waals surface area contributed by atoms with E-state index in [-0.39, 0.29) is 25.2 Å². The summed E-state index contributed by atoms with van der Waals surface area (Å²) in [5, 5.41) is 0. The van der Waals surface area contributed by atoms with Gasteiger partial charge in [-0.1, -0.05) is 42.0 Å². The standard InChI is InChI=1S/C21H24F3NO2/c1-15-4-6-16(7-5-15)19(26)14-20(2,25)17-8-10-18(11-9-17)27-13-3-12-21(22,23)24/h4-11H,3,12-14,25H2,1-2H3/t20-/m0/s1. The van der Waals surface area contributed by atoms with Crippen molar-refractivity contribution in [2.75, 3.05) is 6.61 Å². The number of ether oxygens (including phenoxy) is 1. The molecule has 2 rings (SSSR count). The summed E-state index contributed by atoms with van der Waals surface area (Å²) in [4.78, 5) is 12.5. The van der Waals surface area contributed by atoms with Gasteiger partial charge < -0.3 is 10.5 Å². The van der Waals surface area contributed by atoms with Crippen LogP contribution in [0.25, 0.3) is 0 Å². The molecule has 2 aromatic carbocycles. The molecular formula is C21H24F3NO2. The summed E-state index contributed by atoms with van der Waals surface area (Å²) in [5.74, 6) is 0.425. The van der Waals surface area contributed by atoms with Crippen molar-refractivity contribution in [3.05, 3.63) is 65.2 Å². The van der Waals surface area contributed by atoms with Crippen molar-refractivity contribution in [1.82, 2.24) is 0 Å². The molecule has 0 saturated carbocycles. The van der Waals surface area contributed by atoms with Crippen molar-refractivity contribution >= 4 is 5.78 Å². The fourth-order valence-electron chi connectivity index (χ4n) is 2.67. The van der Waals surface area contributed by atoms with Gasteiger partial charge in [-0.2, -0.15) is 13.2 Å². The molecule has 0 amide bonds. The smallest absolute Gasteiger partial charge is 0.389 e. The van der Waals surface area contributed by atoms with Gasteiger partial charge in [0.2, 0.25) is 0 Å². The van der Waals surface area contributed by atoms with E-state index in [1.807, 2.05) is 19.1 Å². The van der Waals surface area contributed by atoms with E-state index in [9.17, 15) is 18.0 Å². The number of rotatable bonds is 8. The lowest BCUT2D eigenvalue weighted by atomic mass is 9.86. The molecule has 0 aliphatic heterocycles. The Morgan fingerprint density at radius 1 is 1.04 bits per heavy atom. The van der Waals surface area contributed by atoms with Gasteiger partial charge >= 0.3 is 6.18 Å². The summed E-state index contributed by atoms with van der Waals surface area (Å²) in [6, 6.07) is 14.1. The Balaban J connectivity index is 1.93. The Morgan fingerprint density at radius 3 is 2.19 bits per heavy atom.